The van der Waals surface area contributed by atoms with E-state index >= 15 is 0 Å². The first-order valence-corrected chi connectivity index (χ1v) is 4.98. The average Bonchev–Trinajstić information content (AvgIpc) is 1.64. The third-order valence-electron chi connectivity index (χ3n) is 0.727. The summed E-state index contributed by atoms with van der Waals surface area (Å²) >= 11 is 0. The fourth-order valence-electron chi connectivity index (χ4n) is 0.506. The van der Waals surface area contributed by atoms with Crippen molar-refractivity contribution in [1.82, 2.24) is 0 Å². The first-order valence-electron chi connectivity index (χ1n) is 2.99. The Labute approximate surface area is 55.9 Å². The number of hydrogen-bond acceptors (Lipinski definition) is 3. The highest BCUT2D eigenvalue weighted by Gasteiger charge is 2.13. The van der Waals surface area contributed by atoms with Crippen LogP contribution in [0.2, 0.25) is 0 Å². The van der Waals surface area contributed by atoms with Crippen LogP contribution in [0.4, 0.5) is 0 Å². The molecule has 4 heteroatoms. The van der Waals surface area contributed by atoms with Crippen molar-refractivity contribution in [3.05, 3.63) is 0 Å². The molecule has 0 N–H and O–H groups in total. The van der Waals surface area contributed by atoms with Gasteiger partial charge in [0.25, 0.3) is 0 Å². The molecule has 0 amide bonds. The van der Waals surface area contributed by atoms with Gasteiger partial charge < -0.3 is 9.05 Å². The van der Waals surface area contributed by atoms with Crippen molar-refractivity contribution in [2.45, 2.75) is 13.8 Å². The molecule has 0 saturated carbocycles. The van der Waals surface area contributed by atoms with E-state index in [1.54, 1.807) is 13.8 Å². The highest BCUT2D eigenvalue weighted by atomic mass is 31.2. The van der Waals surface area contributed by atoms with Gasteiger partial charge in [-0.1, -0.05) is 0 Å². The Kier molecular flexibility index (Phi) is 4.11. The molecule has 9 heavy (non-hydrogen) atoms. The van der Waals surface area contributed by atoms with Gasteiger partial charge in [-0.2, -0.15) is 0 Å². The van der Waals surface area contributed by atoms with Crippen molar-refractivity contribution in [3.63, 3.8) is 0 Å². The Balaban J connectivity index is 3.58. The van der Waals surface area contributed by atoms with E-state index in [9.17, 15) is 4.57 Å². The zero-order valence-electron chi connectivity index (χ0n) is 6.09. The molecule has 0 aromatic heterocycles. The zero-order valence-corrected chi connectivity index (χ0v) is 6.98. The van der Waals surface area contributed by atoms with E-state index in [1.165, 1.54) is 6.66 Å². The van der Waals surface area contributed by atoms with Crippen LogP contribution in [0, 0.1) is 0 Å². The largest absolute Gasteiger partial charge is 0.327 e. The minimum Gasteiger partial charge on any atom is -0.309 e. The van der Waals surface area contributed by atoms with E-state index in [2.05, 4.69) is 0 Å². The Morgan fingerprint density at radius 3 is 1.78 bits per heavy atom. The van der Waals surface area contributed by atoms with E-state index in [1.807, 2.05) is 0 Å². The Hall–Kier alpha value is 0.150. The minimum absolute atomic E-state index is 0.438. The highest BCUT2D eigenvalue weighted by Crippen LogP contribution is 2.43. The van der Waals surface area contributed by atoms with Gasteiger partial charge in [-0.15, -0.1) is 0 Å². The molecular formula is C5H13O3P. The number of rotatable bonds is 4. The molecule has 0 atom stereocenters. The molecule has 56 valence electrons. The summed E-state index contributed by atoms with van der Waals surface area (Å²) in [6.45, 7) is 5.92. The first-order chi connectivity index (χ1) is 4.12. The second-order valence-electron chi connectivity index (χ2n) is 1.61. The van der Waals surface area contributed by atoms with Crippen LogP contribution >= 0.6 is 7.60 Å². The Bertz CT molecular complexity index is 103. The summed E-state index contributed by atoms with van der Waals surface area (Å²) in [6, 6.07) is 0. The summed E-state index contributed by atoms with van der Waals surface area (Å²) < 4.78 is 20.6. The van der Waals surface area contributed by atoms with Crippen LogP contribution in [0.5, 0.6) is 0 Å². The average molecular weight is 154 g/mol. The SMILES string of the molecule is C[13CH2]OP(C)(=O)O[13CH2]C. The van der Waals surface area contributed by atoms with Crippen LogP contribution in [0.15, 0.2) is 0 Å². The summed E-state index contributed by atoms with van der Waals surface area (Å²) in [6.07, 6.45) is 0. The summed E-state index contributed by atoms with van der Waals surface area (Å²) in [5.41, 5.74) is 0. The predicted molar refractivity (Wildman–Crippen MR) is 36.8 cm³/mol. The lowest BCUT2D eigenvalue weighted by Crippen LogP contribution is -1.92. The number of hydrogen-bond donors (Lipinski definition) is 0. The lowest BCUT2D eigenvalue weighted by molar-refractivity contribution is 0.225. The lowest BCUT2D eigenvalue weighted by Gasteiger charge is -2.10. The maximum atomic E-state index is 11.0. The van der Waals surface area contributed by atoms with Crippen molar-refractivity contribution in [2.75, 3.05) is 19.9 Å². The standard InChI is InChI=1S/C5H13O3P/c1-4-7-9(3,6)8-5-2/h4-5H2,1-3H3/i4+1,5+1. The maximum Gasteiger partial charge on any atom is 0.327 e. The van der Waals surface area contributed by atoms with E-state index in [0.29, 0.717) is 13.2 Å². The van der Waals surface area contributed by atoms with Crippen LogP contribution < -0.4 is 0 Å². The topological polar surface area (TPSA) is 35.5 Å². The fraction of sp³-hybridized carbons (Fsp3) is 1.00. The van der Waals surface area contributed by atoms with E-state index in [0.717, 1.165) is 0 Å². The van der Waals surface area contributed by atoms with Gasteiger partial charge in [0.2, 0.25) is 0 Å². The second-order valence-corrected chi connectivity index (χ2v) is 3.67. The molecule has 0 rings (SSSR count). The quantitative estimate of drug-likeness (QED) is 0.458. The minimum atomic E-state index is -2.69. The van der Waals surface area contributed by atoms with Crippen molar-refractivity contribution < 1.29 is 13.6 Å². The molecule has 0 spiro atoms. The van der Waals surface area contributed by atoms with Crippen molar-refractivity contribution >= 4 is 7.60 Å². The van der Waals surface area contributed by atoms with E-state index in [-0.39, 0.29) is 0 Å². The molecular weight excluding hydrogens is 141 g/mol. The summed E-state index contributed by atoms with van der Waals surface area (Å²) in [7, 11) is -2.69. The Morgan fingerprint density at radius 2 is 1.56 bits per heavy atom. The van der Waals surface area contributed by atoms with Gasteiger partial charge in [-0.25, -0.2) is 0 Å². The highest BCUT2D eigenvalue weighted by molar-refractivity contribution is 7.52. The zero-order chi connectivity index (χ0) is 7.33. The molecule has 0 radical (unpaired) electrons. The van der Waals surface area contributed by atoms with Gasteiger partial charge in [0.1, 0.15) is 0 Å². The maximum absolute atomic E-state index is 11.0. The predicted octanol–water partition coefficient (Wildman–Crippen LogP) is 1.88. The summed E-state index contributed by atoms with van der Waals surface area (Å²) in [5, 5.41) is 0. The van der Waals surface area contributed by atoms with Gasteiger partial charge in [0.15, 0.2) is 0 Å². The third kappa shape index (κ3) is 4.64. The molecule has 0 fully saturated rings. The second kappa shape index (κ2) is 4.04. The molecule has 0 heterocycles. The van der Waals surface area contributed by atoms with Crippen LogP contribution in [0.25, 0.3) is 0 Å². The molecule has 0 aliphatic carbocycles. The van der Waals surface area contributed by atoms with E-state index < -0.39 is 7.60 Å². The van der Waals surface area contributed by atoms with Crippen LogP contribution in [0.3, 0.4) is 0 Å². The van der Waals surface area contributed by atoms with Gasteiger partial charge in [0, 0.05) is 6.66 Å². The molecule has 0 aromatic carbocycles. The lowest BCUT2D eigenvalue weighted by atomic mass is 11.3. The normalized spacial score (nSPS) is 11.9. The van der Waals surface area contributed by atoms with E-state index in [4.69, 9.17) is 9.05 Å². The molecule has 0 saturated heterocycles. The summed E-state index contributed by atoms with van der Waals surface area (Å²) in [4.78, 5) is 0. The third-order valence-corrected chi connectivity index (χ3v) is 2.18. The fourth-order valence-corrected chi connectivity index (χ4v) is 1.52. The van der Waals surface area contributed by atoms with Gasteiger partial charge in [-0.3, -0.25) is 4.57 Å². The van der Waals surface area contributed by atoms with Crippen molar-refractivity contribution in [2.24, 2.45) is 0 Å². The molecule has 0 unspecified atom stereocenters. The van der Waals surface area contributed by atoms with Crippen LogP contribution in [0.1, 0.15) is 13.8 Å². The van der Waals surface area contributed by atoms with Gasteiger partial charge >= 0.3 is 7.60 Å². The molecule has 0 aromatic rings. The molecule has 3 nitrogen and oxygen atoms in total. The van der Waals surface area contributed by atoms with Gasteiger partial charge in [-0.05, 0) is 13.8 Å². The van der Waals surface area contributed by atoms with Gasteiger partial charge in [0.05, 0.1) is 13.2 Å². The smallest absolute Gasteiger partial charge is 0.309 e. The molecule has 0 bridgehead atoms. The van der Waals surface area contributed by atoms with Crippen LogP contribution in [-0.4, -0.2) is 19.9 Å². The molecule has 0 aliphatic rings. The first kappa shape index (κ1) is 9.15. The monoisotopic (exact) mass is 154 g/mol. The molecule has 0 aliphatic heterocycles. The van der Waals surface area contributed by atoms with Crippen LogP contribution in [-0.2, 0) is 13.6 Å². The van der Waals surface area contributed by atoms with Crippen molar-refractivity contribution in [1.29, 1.82) is 0 Å². The Morgan fingerprint density at radius 1 is 1.22 bits per heavy atom. The van der Waals surface area contributed by atoms with Crippen molar-refractivity contribution in [3.8, 4) is 0 Å². The summed E-state index contributed by atoms with van der Waals surface area (Å²) in [5.74, 6) is 0.